The van der Waals surface area contributed by atoms with Crippen LogP contribution in [0.25, 0.3) is 0 Å². The fourth-order valence-corrected chi connectivity index (χ4v) is 3.48. The Morgan fingerprint density at radius 3 is 2.77 bits per heavy atom. The van der Waals surface area contributed by atoms with Gasteiger partial charge < -0.3 is 14.2 Å². The average Bonchev–Trinajstić information content (AvgIpc) is 3.28. The van der Waals surface area contributed by atoms with Gasteiger partial charge in [-0.25, -0.2) is 9.78 Å². The summed E-state index contributed by atoms with van der Waals surface area (Å²) in [4.78, 5) is 18.2. The van der Waals surface area contributed by atoms with E-state index < -0.39 is 0 Å². The van der Waals surface area contributed by atoms with Crippen molar-refractivity contribution in [3.05, 3.63) is 46.5 Å². The molecular formula is C20H28BrN3O2. The standard InChI is InChI=1S/C18H22BrN3O2.C2H6/c1-3-24-18(23)17-11-21(12-20-17)10-14-4-5-15(8-16(14)19)22-7-6-13(2)9-22;1-2/h4-5,8,11-13H,3,6-7,9-10H2,1-2H3;1-2H3. The van der Waals surface area contributed by atoms with Crippen molar-refractivity contribution < 1.29 is 9.53 Å². The number of nitrogens with zero attached hydrogens (tertiary/aromatic N) is 3. The molecule has 0 saturated carbocycles. The van der Waals surface area contributed by atoms with Crippen LogP contribution in [0, 0.1) is 5.92 Å². The SMILES string of the molecule is CC.CCOC(=O)c1cn(Cc2ccc(N3CCC(C)C3)cc2Br)cn1. The molecule has 2 aromatic rings. The third kappa shape index (κ3) is 5.10. The number of anilines is 1. The lowest BCUT2D eigenvalue weighted by atomic mass is 10.2. The van der Waals surface area contributed by atoms with Crippen LogP contribution in [0.2, 0.25) is 0 Å². The van der Waals surface area contributed by atoms with E-state index in [1.165, 1.54) is 12.1 Å². The van der Waals surface area contributed by atoms with Crippen molar-refractivity contribution in [2.24, 2.45) is 5.92 Å². The van der Waals surface area contributed by atoms with Gasteiger partial charge in [0.1, 0.15) is 0 Å². The van der Waals surface area contributed by atoms with E-state index in [0.29, 0.717) is 18.8 Å². The van der Waals surface area contributed by atoms with E-state index in [2.05, 4.69) is 50.9 Å². The summed E-state index contributed by atoms with van der Waals surface area (Å²) in [7, 11) is 0. The molecule has 2 heterocycles. The summed E-state index contributed by atoms with van der Waals surface area (Å²) in [5.41, 5.74) is 2.75. The van der Waals surface area contributed by atoms with Gasteiger partial charge in [-0.1, -0.05) is 42.8 Å². The van der Waals surface area contributed by atoms with E-state index in [1.807, 2.05) is 18.4 Å². The van der Waals surface area contributed by atoms with Crippen LogP contribution >= 0.6 is 15.9 Å². The number of hydrogen-bond acceptors (Lipinski definition) is 4. The van der Waals surface area contributed by atoms with Crippen molar-refractivity contribution in [2.75, 3.05) is 24.6 Å². The molecule has 1 aliphatic heterocycles. The number of carbonyl (C=O) groups is 1. The minimum absolute atomic E-state index is 0.343. The van der Waals surface area contributed by atoms with Gasteiger partial charge in [0.25, 0.3) is 0 Å². The van der Waals surface area contributed by atoms with Crippen molar-refractivity contribution in [1.82, 2.24) is 9.55 Å². The summed E-state index contributed by atoms with van der Waals surface area (Å²) in [6.07, 6.45) is 4.64. The molecule has 0 radical (unpaired) electrons. The topological polar surface area (TPSA) is 47.4 Å². The zero-order chi connectivity index (χ0) is 19.1. The molecule has 1 aromatic carbocycles. The highest BCUT2D eigenvalue weighted by atomic mass is 79.9. The van der Waals surface area contributed by atoms with E-state index in [0.717, 1.165) is 29.0 Å². The molecule has 0 bridgehead atoms. The van der Waals surface area contributed by atoms with E-state index in [9.17, 15) is 4.79 Å². The largest absolute Gasteiger partial charge is 0.461 e. The zero-order valence-electron chi connectivity index (χ0n) is 16.0. The van der Waals surface area contributed by atoms with Crippen molar-refractivity contribution in [3.63, 3.8) is 0 Å². The molecule has 0 N–H and O–H groups in total. The Kier molecular flexibility index (Phi) is 7.69. The molecule has 26 heavy (non-hydrogen) atoms. The number of esters is 1. The quantitative estimate of drug-likeness (QED) is 0.653. The number of rotatable bonds is 5. The number of hydrogen-bond donors (Lipinski definition) is 0. The number of imidazole rings is 1. The summed E-state index contributed by atoms with van der Waals surface area (Å²) in [6, 6.07) is 6.48. The first-order chi connectivity index (χ1) is 12.6. The van der Waals surface area contributed by atoms with Crippen LogP contribution in [0.5, 0.6) is 0 Å². The second-order valence-corrected chi connectivity index (χ2v) is 7.12. The Hall–Kier alpha value is -1.82. The number of halogens is 1. The smallest absolute Gasteiger partial charge is 0.358 e. The predicted molar refractivity (Wildman–Crippen MR) is 109 cm³/mol. The van der Waals surface area contributed by atoms with Gasteiger partial charge in [-0.3, -0.25) is 0 Å². The van der Waals surface area contributed by atoms with E-state index in [4.69, 9.17) is 4.74 Å². The van der Waals surface area contributed by atoms with Gasteiger partial charge in [0.05, 0.1) is 12.9 Å². The third-order valence-electron chi connectivity index (χ3n) is 4.30. The van der Waals surface area contributed by atoms with Crippen LogP contribution < -0.4 is 4.90 Å². The normalized spacial score (nSPS) is 16.2. The zero-order valence-corrected chi connectivity index (χ0v) is 17.6. The van der Waals surface area contributed by atoms with E-state index in [1.54, 1.807) is 19.4 Å². The molecule has 1 unspecified atom stereocenters. The maximum atomic E-state index is 11.7. The van der Waals surface area contributed by atoms with Gasteiger partial charge in [-0.2, -0.15) is 0 Å². The number of aromatic nitrogens is 2. The lowest BCUT2D eigenvalue weighted by Gasteiger charge is -2.19. The molecule has 1 aliphatic rings. The Morgan fingerprint density at radius 1 is 1.38 bits per heavy atom. The Balaban J connectivity index is 0.00000117. The number of benzene rings is 1. The molecule has 3 rings (SSSR count). The minimum Gasteiger partial charge on any atom is -0.461 e. The van der Waals surface area contributed by atoms with Crippen LogP contribution in [0.4, 0.5) is 5.69 Å². The number of carbonyl (C=O) groups excluding carboxylic acids is 1. The van der Waals surface area contributed by atoms with Crippen LogP contribution in [0.3, 0.4) is 0 Å². The maximum Gasteiger partial charge on any atom is 0.358 e. The third-order valence-corrected chi connectivity index (χ3v) is 5.03. The van der Waals surface area contributed by atoms with Crippen molar-refractivity contribution in [2.45, 2.75) is 40.7 Å². The molecule has 0 amide bonds. The first kappa shape index (κ1) is 20.5. The lowest BCUT2D eigenvalue weighted by Crippen LogP contribution is -2.19. The molecule has 142 valence electrons. The van der Waals surface area contributed by atoms with Gasteiger partial charge in [0, 0.05) is 36.0 Å². The Bertz CT molecular complexity index is 730. The van der Waals surface area contributed by atoms with Crippen LogP contribution in [0.1, 0.15) is 50.2 Å². The number of ether oxygens (including phenoxy) is 1. The molecular weight excluding hydrogens is 394 g/mol. The molecule has 0 spiro atoms. The monoisotopic (exact) mass is 421 g/mol. The molecule has 1 atom stereocenters. The van der Waals surface area contributed by atoms with E-state index >= 15 is 0 Å². The van der Waals surface area contributed by atoms with Crippen LogP contribution in [-0.2, 0) is 11.3 Å². The lowest BCUT2D eigenvalue weighted by molar-refractivity contribution is 0.0520. The summed E-state index contributed by atoms with van der Waals surface area (Å²) in [6.45, 7) is 11.3. The fourth-order valence-electron chi connectivity index (χ4n) is 2.98. The maximum absolute atomic E-state index is 11.7. The van der Waals surface area contributed by atoms with E-state index in [-0.39, 0.29) is 5.97 Å². The molecule has 0 aliphatic carbocycles. The molecule has 5 nitrogen and oxygen atoms in total. The Morgan fingerprint density at radius 2 is 2.15 bits per heavy atom. The molecule has 1 saturated heterocycles. The summed E-state index contributed by atoms with van der Waals surface area (Å²) >= 11 is 3.68. The van der Waals surface area contributed by atoms with Gasteiger partial charge in [-0.05, 0) is 37.0 Å². The highest BCUT2D eigenvalue weighted by Gasteiger charge is 2.19. The highest BCUT2D eigenvalue weighted by Crippen LogP contribution is 2.28. The Labute approximate surface area is 164 Å². The summed E-state index contributed by atoms with van der Waals surface area (Å²) in [5, 5.41) is 0. The van der Waals surface area contributed by atoms with Crippen molar-refractivity contribution >= 4 is 27.6 Å². The first-order valence-corrected chi connectivity index (χ1v) is 10.1. The minimum atomic E-state index is -0.381. The van der Waals surface area contributed by atoms with Gasteiger partial charge in [-0.15, -0.1) is 0 Å². The summed E-state index contributed by atoms with van der Waals surface area (Å²) < 4.78 is 7.93. The first-order valence-electron chi connectivity index (χ1n) is 9.29. The van der Waals surface area contributed by atoms with Crippen molar-refractivity contribution in [3.8, 4) is 0 Å². The second kappa shape index (κ2) is 9.76. The van der Waals surface area contributed by atoms with Gasteiger partial charge >= 0.3 is 5.97 Å². The van der Waals surface area contributed by atoms with Gasteiger partial charge in [0.15, 0.2) is 5.69 Å². The average molecular weight is 422 g/mol. The molecule has 1 fully saturated rings. The molecule has 6 heteroatoms. The second-order valence-electron chi connectivity index (χ2n) is 6.27. The highest BCUT2D eigenvalue weighted by molar-refractivity contribution is 9.10. The predicted octanol–water partition coefficient (Wildman–Crippen LogP) is 4.74. The van der Waals surface area contributed by atoms with Crippen LogP contribution in [0.15, 0.2) is 35.2 Å². The summed E-state index contributed by atoms with van der Waals surface area (Å²) in [5.74, 6) is 0.379. The molecule has 1 aromatic heterocycles. The van der Waals surface area contributed by atoms with Gasteiger partial charge in [0.2, 0.25) is 0 Å². The van der Waals surface area contributed by atoms with Crippen molar-refractivity contribution in [1.29, 1.82) is 0 Å². The van der Waals surface area contributed by atoms with Crippen LogP contribution in [-0.4, -0.2) is 35.2 Å². The fraction of sp³-hybridized carbons (Fsp3) is 0.500.